The number of hydrogen-bond donors (Lipinski definition) is 2. The van der Waals surface area contributed by atoms with E-state index in [1.807, 2.05) is 17.0 Å². The first-order valence-electron chi connectivity index (χ1n) is 8.60. The minimum atomic E-state index is -0.462. The molecule has 5 nitrogen and oxygen atoms in total. The van der Waals surface area contributed by atoms with Crippen LogP contribution in [0.15, 0.2) is 54.6 Å². The Bertz CT molecular complexity index is 738. The molecular weight excluding hydrogens is 314 g/mol. The van der Waals surface area contributed by atoms with Crippen molar-refractivity contribution in [1.29, 1.82) is 0 Å². The van der Waals surface area contributed by atoms with Crippen molar-refractivity contribution in [3.05, 3.63) is 71.3 Å². The van der Waals surface area contributed by atoms with Crippen molar-refractivity contribution in [2.75, 3.05) is 13.1 Å². The lowest BCUT2D eigenvalue weighted by atomic mass is 9.90. The summed E-state index contributed by atoms with van der Waals surface area (Å²) in [5, 5.41) is 2.92. The average molecular weight is 337 g/mol. The zero-order valence-electron chi connectivity index (χ0n) is 14.2. The summed E-state index contributed by atoms with van der Waals surface area (Å²) in [7, 11) is 0. The summed E-state index contributed by atoms with van der Waals surface area (Å²) in [6.07, 6.45) is 1.96. The van der Waals surface area contributed by atoms with Gasteiger partial charge in [0, 0.05) is 25.2 Å². The van der Waals surface area contributed by atoms with Gasteiger partial charge in [-0.1, -0.05) is 42.5 Å². The van der Waals surface area contributed by atoms with Gasteiger partial charge in [0.25, 0.3) is 0 Å². The van der Waals surface area contributed by atoms with Crippen LogP contribution < -0.4 is 11.1 Å². The fourth-order valence-electron chi connectivity index (χ4n) is 3.27. The van der Waals surface area contributed by atoms with Crippen LogP contribution in [0, 0.1) is 0 Å². The van der Waals surface area contributed by atoms with Crippen LogP contribution in [-0.2, 0) is 6.54 Å². The molecule has 130 valence electrons. The molecule has 1 aliphatic rings. The van der Waals surface area contributed by atoms with Crippen LogP contribution in [0.4, 0.5) is 4.79 Å². The van der Waals surface area contributed by atoms with Crippen molar-refractivity contribution >= 4 is 11.9 Å². The van der Waals surface area contributed by atoms with E-state index >= 15 is 0 Å². The minimum absolute atomic E-state index is 0.0593. The van der Waals surface area contributed by atoms with Crippen LogP contribution in [0.1, 0.15) is 40.2 Å². The summed E-state index contributed by atoms with van der Waals surface area (Å²) in [5.41, 5.74) is 7.95. The number of amides is 3. The highest BCUT2D eigenvalue weighted by atomic mass is 16.2. The lowest BCUT2D eigenvalue weighted by molar-refractivity contribution is 0.1000. The Kier molecular flexibility index (Phi) is 5.33. The van der Waals surface area contributed by atoms with Gasteiger partial charge in [-0.15, -0.1) is 0 Å². The maximum atomic E-state index is 12.4. The Balaban J connectivity index is 1.50. The molecule has 2 aromatic rings. The van der Waals surface area contributed by atoms with E-state index < -0.39 is 5.91 Å². The molecule has 1 fully saturated rings. The Morgan fingerprint density at radius 2 is 1.76 bits per heavy atom. The third-order valence-electron chi connectivity index (χ3n) is 4.71. The average Bonchev–Trinajstić information content (AvgIpc) is 2.67. The lowest BCUT2D eigenvalue weighted by Gasteiger charge is -2.32. The van der Waals surface area contributed by atoms with Crippen molar-refractivity contribution < 1.29 is 9.59 Å². The molecular formula is C20H23N3O2. The zero-order valence-corrected chi connectivity index (χ0v) is 14.2. The molecule has 0 spiro atoms. The number of likely N-dealkylation sites (tertiary alicyclic amines) is 1. The van der Waals surface area contributed by atoms with Crippen molar-refractivity contribution in [2.24, 2.45) is 5.73 Å². The van der Waals surface area contributed by atoms with Crippen LogP contribution in [0.2, 0.25) is 0 Å². The molecule has 5 heteroatoms. The Hall–Kier alpha value is -2.82. The molecule has 1 heterocycles. The second-order valence-corrected chi connectivity index (χ2v) is 6.40. The van der Waals surface area contributed by atoms with Gasteiger partial charge < -0.3 is 16.0 Å². The van der Waals surface area contributed by atoms with Crippen LogP contribution in [0.5, 0.6) is 0 Å². The van der Waals surface area contributed by atoms with E-state index in [2.05, 4.69) is 29.6 Å². The number of rotatable bonds is 4. The maximum absolute atomic E-state index is 12.4. The lowest BCUT2D eigenvalue weighted by Crippen LogP contribution is -2.43. The standard InChI is InChI=1S/C20H23N3O2/c21-19(24)18-8-4-5-15(13-18)14-22-20(25)23-11-9-17(10-12-23)16-6-2-1-3-7-16/h1-8,13,17H,9-12,14H2,(H2,21,24)(H,22,25). The monoisotopic (exact) mass is 337 g/mol. The minimum Gasteiger partial charge on any atom is -0.366 e. The zero-order chi connectivity index (χ0) is 17.6. The first kappa shape index (κ1) is 17.0. The molecule has 2 aromatic carbocycles. The van der Waals surface area contributed by atoms with E-state index in [1.165, 1.54) is 5.56 Å². The number of piperidine rings is 1. The second-order valence-electron chi connectivity index (χ2n) is 6.40. The van der Waals surface area contributed by atoms with Crippen molar-refractivity contribution in [1.82, 2.24) is 10.2 Å². The SMILES string of the molecule is NC(=O)c1cccc(CNC(=O)N2CCC(c3ccccc3)CC2)c1. The van der Waals surface area contributed by atoms with E-state index in [0.717, 1.165) is 31.5 Å². The number of carbonyl (C=O) groups excluding carboxylic acids is 2. The van der Waals surface area contributed by atoms with Crippen LogP contribution in [0.25, 0.3) is 0 Å². The molecule has 0 aromatic heterocycles. The Morgan fingerprint density at radius 3 is 2.44 bits per heavy atom. The molecule has 1 saturated heterocycles. The summed E-state index contributed by atoms with van der Waals surface area (Å²) in [6.45, 7) is 1.90. The Morgan fingerprint density at radius 1 is 1.04 bits per heavy atom. The number of nitrogens with two attached hydrogens (primary N) is 1. The molecule has 3 rings (SSSR count). The van der Waals surface area contributed by atoms with Gasteiger partial charge in [0.15, 0.2) is 0 Å². The van der Waals surface area contributed by atoms with E-state index in [-0.39, 0.29) is 6.03 Å². The maximum Gasteiger partial charge on any atom is 0.317 e. The van der Waals surface area contributed by atoms with Gasteiger partial charge in [-0.25, -0.2) is 4.79 Å². The summed E-state index contributed by atoms with van der Waals surface area (Å²) < 4.78 is 0. The molecule has 0 atom stereocenters. The highest BCUT2D eigenvalue weighted by Gasteiger charge is 2.23. The summed E-state index contributed by atoms with van der Waals surface area (Å²) in [5.74, 6) is 0.0636. The number of urea groups is 1. The van der Waals surface area contributed by atoms with Gasteiger partial charge in [0.05, 0.1) is 0 Å². The predicted octanol–water partition coefficient (Wildman–Crippen LogP) is 2.87. The van der Waals surface area contributed by atoms with Crippen molar-refractivity contribution in [3.8, 4) is 0 Å². The molecule has 0 radical (unpaired) electrons. The fourth-order valence-corrected chi connectivity index (χ4v) is 3.27. The summed E-state index contributed by atoms with van der Waals surface area (Å²) in [4.78, 5) is 25.4. The summed E-state index contributed by atoms with van der Waals surface area (Å²) in [6, 6.07) is 17.4. The second kappa shape index (κ2) is 7.83. The van der Waals surface area contributed by atoms with Gasteiger partial charge in [-0.3, -0.25) is 4.79 Å². The first-order valence-corrected chi connectivity index (χ1v) is 8.60. The van der Waals surface area contributed by atoms with E-state index in [4.69, 9.17) is 5.73 Å². The normalized spacial score (nSPS) is 15.0. The molecule has 3 amide bonds. The number of nitrogens with one attached hydrogen (secondary N) is 1. The van der Waals surface area contributed by atoms with Gasteiger partial charge in [-0.05, 0) is 42.0 Å². The Labute approximate surface area is 147 Å². The van der Waals surface area contributed by atoms with Gasteiger partial charge in [0.2, 0.25) is 5.91 Å². The molecule has 0 saturated carbocycles. The predicted molar refractivity (Wildman–Crippen MR) is 97.2 cm³/mol. The van der Waals surface area contributed by atoms with E-state index in [9.17, 15) is 9.59 Å². The molecule has 0 bridgehead atoms. The van der Waals surface area contributed by atoms with Gasteiger partial charge in [-0.2, -0.15) is 0 Å². The van der Waals surface area contributed by atoms with Crippen LogP contribution >= 0.6 is 0 Å². The topological polar surface area (TPSA) is 75.4 Å². The number of nitrogens with zero attached hydrogens (tertiary/aromatic N) is 1. The number of primary amides is 1. The molecule has 0 aliphatic carbocycles. The summed E-state index contributed by atoms with van der Waals surface area (Å²) >= 11 is 0. The molecule has 1 aliphatic heterocycles. The molecule has 3 N–H and O–H groups in total. The third-order valence-corrected chi connectivity index (χ3v) is 4.71. The number of hydrogen-bond acceptors (Lipinski definition) is 2. The third kappa shape index (κ3) is 4.38. The largest absolute Gasteiger partial charge is 0.366 e. The smallest absolute Gasteiger partial charge is 0.317 e. The van der Waals surface area contributed by atoms with Crippen molar-refractivity contribution in [3.63, 3.8) is 0 Å². The quantitative estimate of drug-likeness (QED) is 0.900. The van der Waals surface area contributed by atoms with E-state index in [1.54, 1.807) is 18.2 Å². The van der Waals surface area contributed by atoms with Gasteiger partial charge >= 0.3 is 6.03 Å². The van der Waals surface area contributed by atoms with E-state index in [0.29, 0.717) is 18.0 Å². The number of carbonyl (C=O) groups is 2. The molecule has 0 unspecified atom stereocenters. The highest BCUT2D eigenvalue weighted by Crippen LogP contribution is 2.27. The molecule has 25 heavy (non-hydrogen) atoms. The fraction of sp³-hybridized carbons (Fsp3) is 0.300. The number of benzene rings is 2. The first-order chi connectivity index (χ1) is 12.1. The van der Waals surface area contributed by atoms with Crippen LogP contribution in [-0.4, -0.2) is 29.9 Å². The highest BCUT2D eigenvalue weighted by molar-refractivity contribution is 5.92. The van der Waals surface area contributed by atoms with Crippen LogP contribution in [0.3, 0.4) is 0 Å². The van der Waals surface area contributed by atoms with Crippen molar-refractivity contribution in [2.45, 2.75) is 25.3 Å². The van der Waals surface area contributed by atoms with Gasteiger partial charge in [0.1, 0.15) is 0 Å².